The van der Waals surface area contributed by atoms with E-state index < -0.39 is 10.2 Å². The molecule has 0 aromatic carbocycles. The monoisotopic (exact) mass is 203 g/mol. The number of allylic oxidation sites excluding steroid dienone is 1. The van der Waals surface area contributed by atoms with Crippen LogP contribution >= 0.6 is 10.2 Å². The molecule has 1 nitrogen and oxygen atoms in total. The molecule has 13 heavy (non-hydrogen) atoms. The van der Waals surface area contributed by atoms with Gasteiger partial charge in [0.15, 0.2) is 0 Å². The molecule has 0 saturated heterocycles. The Hall–Kier alpha value is 0.0500. The van der Waals surface area contributed by atoms with E-state index in [0.29, 0.717) is 5.41 Å². The van der Waals surface area contributed by atoms with Gasteiger partial charge in [-0.05, 0) is 31.2 Å². The minimum Gasteiger partial charge on any atom is -0.268 e. The van der Waals surface area contributed by atoms with Crippen molar-refractivity contribution >= 4 is 10.2 Å². The lowest BCUT2D eigenvalue weighted by molar-refractivity contribution is 0.536. The third-order valence-electron chi connectivity index (χ3n) is 1.92. The van der Waals surface area contributed by atoms with Gasteiger partial charge in [-0.25, -0.2) is 0 Å². The van der Waals surface area contributed by atoms with Gasteiger partial charge in [0.1, 0.15) is 0 Å². The molecule has 0 rings (SSSR count). The summed E-state index contributed by atoms with van der Waals surface area (Å²) in [6, 6.07) is 0. The maximum absolute atomic E-state index is 2.43. The van der Waals surface area contributed by atoms with Crippen molar-refractivity contribution in [2.75, 3.05) is 32.4 Å². The highest BCUT2D eigenvalue weighted by molar-refractivity contribution is 8.30. The molecule has 0 spiro atoms. The van der Waals surface area contributed by atoms with Gasteiger partial charge in [-0.15, -0.1) is 0 Å². The molecule has 0 heterocycles. The predicted octanol–water partition coefficient (Wildman–Crippen LogP) is 3.13. The van der Waals surface area contributed by atoms with Crippen molar-refractivity contribution in [2.45, 2.75) is 20.8 Å². The van der Waals surface area contributed by atoms with Gasteiger partial charge >= 0.3 is 0 Å². The molecule has 0 aliphatic heterocycles. The molecule has 0 N–H and O–H groups in total. The van der Waals surface area contributed by atoms with Crippen LogP contribution in [0.25, 0.3) is 0 Å². The second-order valence-corrected chi connectivity index (χ2v) is 9.52. The van der Waals surface area contributed by atoms with E-state index in [9.17, 15) is 0 Å². The van der Waals surface area contributed by atoms with Gasteiger partial charge in [0.25, 0.3) is 0 Å². The molecule has 0 atom stereocenters. The summed E-state index contributed by atoms with van der Waals surface area (Å²) in [5.41, 5.74) is 0.314. The molecule has 0 fully saturated rings. The van der Waals surface area contributed by atoms with Crippen molar-refractivity contribution in [3.63, 3.8) is 0 Å². The summed E-state index contributed by atoms with van der Waals surface area (Å²) in [5.74, 6) is 0. The van der Waals surface area contributed by atoms with Gasteiger partial charge < -0.3 is 0 Å². The Bertz CT molecular complexity index is 172. The van der Waals surface area contributed by atoms with E-state index in [2.05, 4.69) is 63.0 Å². The summed E-state index contributed by atoms with van der Waals surface area (Å²) in [6.45, 7) is 7.75. The third kappa shape index (κ3) is 7.15. The summed E-state index contributed by atoms with van der Waals surface area (Å²) in [7, 11) is 1.66. The minimum absolute atomic E-state index is 0.314. The Morgan fingerprint density at radius 1 is 1.15 bits per heavy atom. The molecule has 0 amide bonds. The maximum Gasteiger partial charge on any atom is 0.0252 e. The minimum atomic E-state index is -0.538. The molecule has 0 aromatic rings. The highest BCUT2D eigenvalue weighted by Gasteiger charge is 2.10. The van der Waals surface area contributed by atoms with E-state index in [-0.39, 0.29) is 0 Å². The number of likely N-dealkylation sites (N-methyl/N-ethyl adjacent to an activating group) is 1. The lowest BCUT2D eigenvalue weighted by Gasteiger charge is -2.36. The zero-order chi connectivity index (χ0) is 10.7. The van der Waals surface area contributed by atoms with Gasteiger partial charge in [-0.2, -0.15) is 10.2 Å². The first kappa shape index (κ1) is 13.1. The van der Waals surface area contributed by atoms with E-state index in [1.54, 1.807) is 0 Å². The van der Waals surface area contributed by atoms with Gasteiger partial charge in [-0.1, -0.05) is 32.9 Å². The first-order chi connectivity index (χ1) is 5.63. The Kier molecular flexibility index (Phi) is 4.53. The molecule has 0 aliphatic carbocycles. The zero-order valence-corrected chi connectivity index (χ0v) is 11.0. The maximum atomic E-state index is 2.43. The van der Waals surface area contributed by atoms with Crippen LogP contribution in [0.4, 0.5) is 0 Å². The van der Waals surface area contributed by atoms with Gasteiger partial charge in [0, 0.05) is 6.54 Å². The predicted molar refractivity (Wildman–Crippen MR) is 66.6 cm³/mol. The highest BCUT2D eigenvalue weighted by Crippen LogP contribution is 2.37. The van der Waals surface area contributed by atoms with Crippen LogP contribution in [0.15, 0.2) is 12.2 Å². The largest absolute Gasteiger partial charge is 0.268 e. The number of hydrogen-bond donors (Lipinski definition) is 0. The molecule has 0 aromatic heterocycles. The average molecular weight is 203 g/mol. The van der Waals surface area contributed by atoms with E-state index in [1.165, 1.54) is 0 Å². The number of rotatable bonds is 3. The van der Waals surface area contributed by atoms with E-state index >= 15 is 0 Å². The standard InChI is InChI=1S/C11H25NS/c1-11(2,3)9-8-10-12(4)13(5,6)7/h8-9H,10H2,1-7H3/b9-8+. The van der Waals surface area contributed by atoms with Crippen molar-refractivity contribution < 1.29 is 0 Å². The molecule has 80 valence electrons. The fourth-order valence-corrected chi connectivity index (χ4v) is 1.31. The van der Waals surface area contributed by atoms with Crippen LogP contribution in [0.3, 0.4) is 0 Å². The Balaban J connectivity index is 3.98. The summed E-state index contributed by atoms with van der Waals surface area (Å²) in [5, 5.41) is 0. The van der Waals surface area contributed by atoms with E-state index in [4.69, 9.17) is 0 Å². The van der Waals surface area contributed by atoms with Crippen LogP contribution in [-0.4, -0.2) is 36.7 Å². The SMILES string of the molecule is CN(C/C=C/C(C)(C)C)S(C)(C)C. The van der Waals surface area contributed by atoms with Crippen molar-refractivity contribution in [2.24, 2.45) is 5.41 Å². The van der Waals surface area contributed by atoms with Crippen LogP contribution in [-0.2, 0) is 0 Å². The van der Waals surface area contributed by atoms with Crippen molar-refractivity contribution in [1.29, 1.82) is 0 Å². The first-order valence-corrected chi connectivity index (χ1v) is 7.52. The average Bonchev–Trinajstić information content (AvgIpc) is 1.82. The van der Waals surface area contributed by atoms with E-state index in [1.807, 2.05) is 0 Å². The molecule has 0 unspecified atom stereocenters. The Morgan fingerprint density at radius 2 is 1.62 bits per heavy atom. The van der Waals surface area contributed by atoms with Crippen LogP contribution < -0.4 is 0 Å². The van der Waals surface area contributed by atoms with Crippen LogP contribution in [0.5, 0.6) is 0 Å². The quantitative estimate of drug-likeness (QED) is 0.637. The van der Waals surface area contributed by atoms with Crippen molar-refractivity contribution in [1.82, 2.24) is 4.31 Å². The summed E-state index contributed by atoms with van der Waals surface area (Å²) < 4.78 is 2.43. The van der Waals surface area contributed by atoms with Crippen LogP contribution in [0, 0.1) is 5.41 Å². The fraction of sp³-hybridized carbons (Fsp3) is 0.818. The van der Waals surface area contributed by atoms with Gasteiger partial charge in [0.05, 0.1) is 0 Å². The molecular weight excluding hydrogens is 178 g/mol. The molecular formula is C11H25NS. The Labute approximate surface area is 85.7 Å². The zero-order valence-electron chi connectivity index (χ0n) is 10.2. The number of hydrogen-bond acceptors (Lipinski definition) is 1. The molecule has 0 radical (unpaired) electrons. The highest BCUT2D eigenvalue weighted by atomic mass is 32.3. The summed E-state index contributed by atoms with van der Waals surface area (Å²) in [6.07, 6.45) is 11.5. The fourth-order valence-electron chi connectivity index (χ4n) is 0.778. The smallest absolute Gasteiger partial charge is 0.0252 e. The van der Waals surface area contributed by atoms with Crippen LogP contribution in [0.2, 0.25) is 0 Å². The molecule has 0 saturated carbocycles. The number of nitrogens with zero attached hydrogens (tertiary/aromatic N) is 1. The van der Waals surface area contributed by atoms with Crippen molar-refractivity contribution in [3.8, 4) is 0 Å². The Morgan fingerprint density at radius 3 is 1.92 bits per heavy atom. The first-order valence-electron chi connectivity index (χ1n) is 4.70. The topological polar surface area (TPSA) is 3.24 Å². The second kappa shape index (κ2) is 4.52. The lowest BCUT2D eigenvalue weighted by Crippen LogP contribution is -2.21. The van der Waals surface area contributed by atoms with Gasteiger partial charge in [-0.3, -0.25) is 4.31 Å². The van der Waals surface area contributed by atoms with Crippen molar-refractivity contribution in [3.05, 3.63) is 12.2 Å². The molecule has 0 bridgehead atoms. The normalized spacial score (nSPS) is 15.7. The van der Waals surface area contributed by atoms with Gasteiger partial charge in [0.2, 0.25) is 0 Å². The molecule has 0 aliphatic rings. The summed E-state index contributed by atoms with van der Waals surface area (Å²) in [4.78, 5) is 0. The lowest BCUT2D eigenvalue weighted by atomic mass is 9.96. The second-order valence-electron chi connectivity index (χ2n) is 5.35. The van der Waals surface area contributed by atoms with E-state index in [0.717, 1.165) is 6.54 Å². The third-order valence-corrected chi connectivity index (χ3v) is 3.93. The summed E-state index contributed by atoms with van der Waals surface area (Å²) >= 11 is 0. The molecule has 2 heteroatoms. The van der Waals surface area contributed by atoms with Crippen LogP contribution in [0.1, 0.15) is 20.8 Å².